The van der Waals surface area contributed by atoms with Gasteiger partial charge >= 0.3 is 0 Å². The normalized spacial score (nSPS) is 14.9. The number of aromatic nitrogens is 3. The Morgan fingerprint density at radius 1 is 0.906 bits per heavy atom. The summed E-state index contributed by atoms with van der Waals surface area (Å²) >= 11 is 0. The van der Waals surface area contributed by atoms with Crippen LogP contribution in [-0.4, -0.2) is 64.1 Å². The van der Waals surface area contributed by atoms with E-state index in [4.69, 9.17) is 10.5 Å². The summed E-state index contributed by atoms with van der Waals surface area (Å²) in [6.07, 6.45) is 1.09. The molecule has 32 heavy (non-hydrogen) atoms. The van der Waals surface area contributed by atoms with E-state index in [9.17, 15) is 0 Å². The average Bonchev–Trinajstić information content (AvgIpc) is 2.80. The molecule has 8 nitrogen and oxygen atoms in total. The lowest BCUT2D eigenvalue weighted by Gasteiger charge is -2.34. The summed E-state index contributed by atoms with van der Waals surface area (Å²) in [6, 6.07) is 18.3. The number of hydrogen-bond acceptors (Lipinski definition) is 8. The Morgan fingerprint density at radius 2 is 1.62 bits per heavy atom. The summed E-state index contributed by atoms with van der Waals surface area (Å²) < 4.78 is 5.48. The highest BCUT2D eigenvalue weighted by Gasteiger charge is 2.18. The Bertz CT molecular complexity index is 973. The van der Waals surface area contributed by atoms with E-state index in [2.05, 4.69) is 60.4 Å². The quantitative estimate of drug-likeness (QED) is 0.532. The molecule has 0 radical (unpaired) electrons. The van der Waals surface area contributed by atoms with Crippen LogP contribution in [-0.2, 0) is 13.0 Å². The van der Waals surface area contributed by atoms with Crippen LogP contribution in [0.3, 0.4) is 0 Å². The number of hydrogen-bond donors (Lipinski definition) is 2. The second-order valence-electron chi connectivity index (χ2n) is 7.87. The van der Waals surface area contributed by atoms with Crippen LogP contribution in [0.25, 0.3) is 0 Å². The topological polar surface area (TPSA) is 92.4 Å². The van der Waals surface area contributed by atoms with E-state index < -0.39 is 0 Å². The molecule has 1 aliphatic rings. The molecule has 3 N–H and O–H groups in total. The van der Waals surface area contributed by atoms with Gasteiger partial charge in [0.25, 0.3) is 0 Å². The van der Waals surface area contributed by atoms with E-state index in [1.807, 2.05) is 31.2 Å². The number of nitrogens with two attached hydrogens (primary N) is 1. The van der Waals surface area contributed by atoms with Gasteiger partial charge in [-0.15, -0.1) is 0 Å². The molecule has 2 heterocycles. The molecule has 0 atom stereocenters. The predicted octanol–water partition coefficient (Wildman–Crippen LogP) is 2.96. The van der Waals surface area contributed by atoms with Gasteiger partial charge in [0.1, 0.15) is 11.6 Å². The van der Waals surface area contributed by atoms with Crippen LogP contribution in [0, 0.1) is 0 Å². The van der Waals surface area contributed by atoms with Gasteiger partial charge < -0.3 is 20.7 Å². The first-order chi connectivity index (χ1) is 15.7. The minimum absolute atomic E-state index is 0.227. The summed E-state index contributed by atoms with van der Waals surface area (Å²) in [6.45, 7) is 8.43. The van der Waals surface area contributed by atoms with Crippen molar-refractivity contribution in [3.8, 4) is 5.75 Å². The van der Waals surface area contributed by atoms with Crippen LogP contribution in [0.1, 0.15) is 18.3 Å². The third-order valence-electron chi connectivity index (χ3n) is 5.51. The molecule has 8 heteroatoms. The molecule has 0 aliphatic carbocycles. The van der Waals surface area contributed by atoms with Gasteiger partial charge in [-0.2, -0.15) is 15.0 Å². The van der Waals surface area contributed by atoms with Crippen LogP contribution >= 0.6 is 0 Å². The van der Waals surface area contributed by atoms with Crippen LogP contribution in [0.4, 0.5) is 17.6 Å². The van der Waals surface area contributed by atoms with Crippen molar-refractivity contribution < 1.29 is 4.74 Å². The molecule has 168 valence electrons. The maximum Gasteiger partial charge on any atom is 0.232 e. The van der Waals surface area contributed by atoms with Crippen LogP contribution < -0.4 is 15.8 Å². The molecule has 1 fully saturated rings. The molecule has 0 spiro atoms. The number of anilines is 3. The van der Waals surface area contributed by atoms with Crippen LogP contribution in [0.2, 0.25) is 0 Å². The molecular weight excluding hydrogens is 402 g/mol. The van der Waals surface area contributed by atoms with Gasteiger partial charge in [-0.05, 0) is 43.2 Å². The minimum atomic E-state index is 0.227. The number of ether oxygens (including phenoxy) is 1. The Morgan fingerprint density at radius 3 is 2.34 bits per heavy atom. The van der Waals surface area contributed by atoms with E-state index in [-0.39, 0.29) is 5.95 Å². The van der Waals surface area contributed by atoms with E-state index in [1.54, 1.807) is 0 Å². The Kier molecular flexibility index (Phi) is 7.47. The summed E-state index contributed by atoms with van der Waals surface area (Å²) in [4.78, 5) is 18.0. The van der Waals surface area contributed by atoms with Crippen molar-refractivity contribution in [3.63, 3.8) is 0 Å². The number of nitrogens with one attached hydrogen (secondary N) is 1. The van der Waals surface area contributed by atoms with Gasteiger partial charge in [0.15, 0.2) is 0 Å². The molecule has 1 saturated heterocycles. The lowest BCUT2D eigenvalue weighted by atomic mass is 10.1. The van der Waals surface area contributed by atoms with Gasteiger partial charge in [0, 0.05) is 38.4 Å². The number of nitrogens with zero attached hydrogens (tertiary/aromatic N) is 5. The number of nitrogen functional groups attached to an aromatic ring is 1. The Balaban J connectivity index is 1.28. The first-order valence-corrected chi connectivity index (χ1v) is 11.2. The van der Waals surface area contributed by atoms with E-state index in [0.717, 1.165) is 50.6 Å². The fraction of sp³-hybridized carbons (Fsp3) is 0.375. The molecule has 0 bridgehead atoms. The van der Waals surface area contributed by atoms with E-state index >= 15 is 0 Å². The number of rotatable bonds is 9. The standard InChI is InChI=1S/C24H31N7O/c1-2-32-21-10-8-20(9-11-21)26-24-28-22(27-23(25)29-24)18-31-16-14-30(15-17-31)13-12-19-6-4-3-5-7-19/h3-11H,2,12-18H2,1H3,(H3,25,26,27,28,29). The molecule has 0 amide bonds. The maximum atomic E-state index is 5.95. The fourth-order valence-corrected chi connectivity index (χ4v) is 3.80. The summed E-state index contributed by atoms with van der Waals surface area (Å²) in [7, 11) is 0. The second-order valence-corrected chi connectivity index (χ2v) is 7.87. The van der Waals surface area contributed by atoms with Crippen molar-refractivity contribution in [3.05, 3.63) is 66.0 Å². The molecular formula is C24H31N7O. The Hall–Kier alpha value is -3.23. The van der Waals surface area contributed by atoms with Crippen molar-refractivity contribution in [2.24, 2.45) is 0 Å². The van der Waals surface area contributed by atoms with Crippen LogP contribution in [0.15, 0.2) is 54.6 Å². The van der Waals surface area contributed by atoms with Crippen molar-refractivity contribution in [1.82, 2.24) is 24.8 Å². The van der Waals surface area contributed by atoms with Gasteiger partial charge in [-0.3, -0.25) is 4.90 Å². The molecule has 4 rings (SSSR count). The van der Waals surface area contributed by atoms with Gasteiger partial charge in [0.2, 0.25) is 11.9 Å². The highest BCUT2D eigenvalue weighted by Crippen LogP contribution is 2.19. The van der Waals surface area contributed by atoms with E-state index in [1.165, 1.54) is 5.56 Å². The largest absolute Gasteiger partial charge is 0.494 e. The van der Waals surface area contributed by atoms with Gasteiger partial charge in [-0.1, -0.05) is 30.3 Å². The zero-order chi connectivity index (χ0) is 22.2. The molecule has 3 aromatic rings. The third kappa shape index (κ3) is 6.38. The monoisotopic (exact) mass is 433 g/mol. The van der Waals surface area contributed by atoms with E-state index in [0.29, 0.717) is 24.9 Å². The second kappa shape index (κ2) is 10.9. The first kappa shape index (κ1) is 22.0. The number of benzene rings is 2. The fourth-order valence-electron chi connectivity index (χ4n) is 3.80. The van der Waals surface area contributed by atoms with Gasteiger partial charge in [-0.25, -0.2) is 0 Å². The molecule has 1 aromatic heterocycles. The molecule has 0 unspecified atom stereocenters. The SMILES string of the molecule is CCOc1ccc(Nc2nc(N)nc(CN3CCN(CCc4ccccc4)CC3)n2)cc1. The average molecular weight is 434 g/mol. The summed E-state index contributed by atoms with van der Waals surface area (Å²) in [5.41, 5.74) is 8.21. The maximum absolute atomic E-state index is 5.95. The smallest absolute Gasteiger partial charge is 0.232 e. The predicted molar refractivity (Wildman–Crippen MR) is 127 cm³/mol. The van der Waals surface area contributed by atoms with Crippen LogP contribution in [0.5, 0.6) is 5.75 Å². The van der Waals surface area contributed by atoms with Crippen molar-refractivity contribution >= 4 is 17.6 Å². The molecule has 1 aliphatic heterocycles. The first-order valence-electron chi connectivity index (χ1n) is 11.2. The minimum Gasteiger partial charge on any atom is -0.494 e. The molecule has 2 aromatic carbocycles. The van der Waals surface area contributed by atoms with Crippen molar-refractivity contribution in [1.29, 1.82) is 0 Å². The zero-order valence-corrected chi connectivity index (χ0v) is 18.6. The van der Waals surface area contributed by atoms with Crippen molar-refractivity contribution in [2.75, 3.05) is 50.4 Å². The van der Waals surface area contributed by atoms with Crippen molar-refractivity contribution in [2.45, 2.75) is 19.9 Å². The lowest BCUT2D eigenvalue weighted by molar-refractivity contribution is 0.126. The zero-order valence-electron chi connectivity index (χ0n) is 18.6. The third-order valence-corrected chi connectivity index (χ3v) is 5.51. The lowest BCUT2D eigenvalue weighted by Crippen LogP contribution is -2.46. The Labute approximate surface area is 189 Å². The highest BCUT2D eigenvalue weighted by molar-refractivity contribution is 5.55. The highest BCUT2D eigenvalue weighted by atomic mass is 16.5. The number of piperazine rings is 1. The van der Waals surface area contributed by atoms with Gasteiger partial charge in [0.05, 0.1) is 13.2 Å². The molecule has 0 saturated carbocycles. The summed E-state index contributed by atoms with van der Waals surface area (Å²) in [5.74, 6) is 2.20. The summed E-state index contributed by atoms with van der Waals surface area (Å²) in [5, 5.41) is 3.21.